The molecule has 0 fully saturated rings. The summed E-state index contributed by atoms with van der Waals surface area (Å²) in [6.45, 7) is 4.07. The number of benzene rings is 1. The van der Waals surface area contributed by atoms with E-state index in [4.69, 9.17) is 4.74 Å². The summed E-state index contributed by atoms with van der Waals surface area (Å²) in [6, 6.07) is 5.84. The molecule has 18 heavy (non-hydrogen) atoms. The van der Waals surface area contributed by atoms with Gasteiger partial charge in [0.15, 0.2) is 5.69 Å². The van der Waals surface area contributed by atoms with Crippen LogP contribution in [0.25, 0.3) is 5.69 Å². The molecule has 5 nitrogen and oxygen atoms in total. The lowest BCUT2D eigenvalue weighted by Gasteiger charge is -2.03. The third kappa shape index (κ3) is 2.59. The van der Waals surface area contributed by atoms with Crippen LogP contribution in [0, 0.1) is 6.92 Å². The van der Waals surface area contributed by atoms with Crippen LogP contribution in [0.2, 0.25) is 0 Å². The Kier molecular flexibility index (Phi) is 3.76. The molecule has 0 spiro atoms. The fourth-order valence-electron chi connectivity index (χ4n) is 1.48. The van der Waals surface area contributed by atoms with E-state index in [0.717, 1.165) is 15.7 Å². The van der Waals surface area contributed by atoms with Crippen LogP contribution in [0.1, 0.15) is 23.0 Å². The van der Waals surface area contributed by atoms with Crippen LogP contribution in [0.3, 0.4) is 0 Å². The second-order valence-electron chi connectivity index (χ2n) is 3.72. The first-order valence-electron chi connectivity index (χ1n) is 5.48. The predicted octanol–water partition coefficient (Wildman–Crippen LogP) is 2.51. The molecular weight excluding hydrogens is 298 g/mol. The van der Waals surface area contributed by atoms with Gasteiger partial charge < -0.3 is 4.74 Å². The van der Waals surface area contributed by atoms with Crippen LogP contribution >= 0.6 is 15.9 Å². The Bertz CT molecular complexity index is 580. The third-order valence-corrected chi connectivity index (χ3v) is 2.96. The van der Waals surface area contributed by atoms with Gasteiger partial charge in [0.2, 0.25) is 0 Å². The van der Waals surface area contributed by atoms with Gasteiger partial charge in [-0.1, -0.05) is 11.3 Å². The molecule has 2 rings (SSSR count). The molecule has 0 saturated carbocycles. The number of halogens is 1. The smallest absolute Gasteiger partial charge is 0.360 e. The van der Waals surface area contributed by atoms with Crippen LogP contribution in [-0.4, -0.2) is 27.6 Å². The van der Waals surface area contributed by atoms with E-state index < -0.39 is 5.97 Å². The number of esters is 1. The molecule has 0 unspecified atom stereocenters. The van der Waals surface area contributed by atoms with Gasteiger partial charge in [-0.25, -0.2) is 9.48 Å². The first kappa shape index (κ1) is 12.8. The zero-order valence-electron chi connectivity index (χ0n) is 10.1. The predicted molar refractivity (Wildman–Crippen MR) is 69.8 cm³/mol. The molecule has 0 aliphatic carbocycles. The SMILES string of the molecule is CCOC(=O)c1cn(-c2ccc(C)cc2Br)nn1. The highest BCUT2D eigenvalue weighted by Crippen LogP contribution is 2.21. The van der Waals surface area contributed by atoms with Crippen LogP contribution in [0.5, 0.6) is 0 Å². The van der Waals surface area contributed by atoms with Gasteiger partial charge in [-0.2, -0.15) is 0 Å². The van der Waals surface area contributed by atoms with Gasteiger partial charge in [0.25, 0.3) is 0 Å². The Balaban J connectivity index is 2.32. The maximum Gasteiger partial charge on any atom is 0.360 e. The van der Waals surface area contributed by atoms with Crippen molar-refractivity contribution in [1.29, 1.82) is 0 Å². The Hall–Kier alpha value is -1.69. The number of carbonyl (C=O) groups excluding carboxylic acids is 1. The van der Waals surface area contributed by atoms with Crippen molar-refractivity contribution in [3.63, 3.8) is 0 Å². The molecule has 0 saturated heterocycles. The average Bonchev–Trinajstić information content (AvgIpc) is 2.78. The van der Waals surface area contributed by atoms with Crippen LogP contribution in [-0.2, 0) is 4.74 Å². The highest BCUT2D eigenvalue weighted by atomic mass is 79.9. The Morgan fingerprint density at radius 1 is 1.50 bits per heavy atom. The van der Waals surface area contributed by atoms with Gasteiger partial charge in [0, 0.05) is 4.47 Å². The highest BCUT2D eigenvalue weighted by Gasteiger charge is 2.13. The van der Waals surface area contributed by atoms with Crippen molar-refractivity contribution in [1.82, 2.24) is 15.0 Å². The van der Waals surface area contributed by atoms with E-state index in [1.165, 1.54) is 4.68 Å². The lowest BCUT2D eigenvalue weighted by Crippen LogP contribution is -2.04. The van der Waals surface area contributed by atoms with E-state index >= 15 is 0 Å². The normalized spacial score (nSPS) is 10.4. The van der Waals surface area contributed by atoms with Crippen molar-refractivity contribution in [3.05, 3.63) is 40.1 Å². The zero-order chi connectivity index (χ0) is 13.1. The maximum absolute atomic E-state index is 11.5. The van der Waals surface area contributed by atoms with Crippen LogP contribution in [0.15, 0.2) is 28.9 Å². The monoisotopic (exact) mass is 309 g/mol. The van der Waals surface area contributed by atoms with Gasteiger partial charge in [0.05, 0.1) is 18.5 Å². The number of carbonyl (C=O) groups is 1. The molecule has 1 heterocycles. The second kappa shape index (κ2) is 5.30. The quantitative estimate of drug-likeness (QED) is 0.817. The van der Waals surface area contributed by atoms with Crippen molar-refractivity contribution in [2.24, 2.45) is 0 Å². The first-order chi connectivity index (χ1) is 8.61. The lowest BCUT2D eigenvalue weighted by atomic mass is 10.2. The van der Waals surface area contributed by atoms with Gasteiger partial charge >= 0.3 is 5.97 Å². The molecule has 0 aliphatic heterocycles. The topological polar surface area (TPSA) is 57.0 Å². The van der Waals surface area contributed by atoms with E-state index in [-0.39, 0.29) is 5.69 Å². The molecule has 6 heteroatoms. The number of nitrogens with zero attached hydrogens (tertiary/aromatic N) is 3. The van der Waals surface area contributed by atoms with Crippen molar-refractivity contribution in [3.8, 4) is 5.69 Å². The van der Waals surface area contributed by atoms with Crippen molar-refractivity contribution >= 4 is 21.9 Å². The molecule has 1 aromatic carbocycles. The number of rotatable bonds is 3. The molecular formula is C12H12BrN3O2. The molecule has 0 radical (unpaired) electrons. The average molecular weight is 310 g/mol. The summed E-state index contributed by atoms with van der Waals surface area (Å²) in [5.74, 6) is -0.466. The Morgan fingerprint density at radius 3 is 2.94 bits per heavy atom. The minimum absolute atomic E-state index is 0.198. The third-order valence-electron chi connectivity index (χ3n) is 2.33. The Morgan fingerprint density at radius 2 is 2.28 bits per heavy atom. The summed E-state index contributed by atoms with van der Waals surface area (Å²) in [5, 5.41) is 7.71. The van der Waals surface area contributed by atoms with Gasteiger partial charge in [0.1, 0.15) is 0 Å². The molecule has 1 aromatic heterocycles. The molecule has 0 amide bonds. The molecule has 0 N–H and O–H groups in total. The van der Waals surface area contributed by atoms with Crippen molar-refractivity contribution in [2.45, 2.75) is 13.8 Å². The summed E-state index contributed by atoms with van der Waals surface area (Å²) < 4.78 is 7.29. The van der Waals surface area contributed by atoms with Gasteiger partial charge in [-0.3, -0.25) is 0 Å². The fraction of sp³-hybridized carbons (Fsp3) is 0.250. The maximum atomic E-state index is 11.5. The number of aromatic nitrogens is 3. The molecule has 0 atom stereocenters. The molecule has 2 aromatic rings. The minimum Gasteiger partial charge on any atom is -0.461 e. The summed E-state index contributed by atoms with van der Waals surface area (Å²) in [5.41, 5.74) is 2.16. The van der Waals surface area contributed by atoms with E-state index in [2.05, 4.69) is 26.2 Å². The van der Waals surface area contributed by atoms with E-state index in [1.54, 1.807) is 13.1 Å². The second-order valence-corrected chi connectivity index (χ2v) is 4.58. The van der Waals surface area contributed by atoms with Crippen LogP contribution < -0.4 is 0 Å². The van der Waals surface area contributed by atoms with E-state index in [0.29, 0.717) is 6.61 Å². The molecule has 0 aliphatic rings. The molecule has 94 valence electrons. The standard InChI is InChI=1S/C12H12BrN3O2/c1-3-18-12(17)10-7-16(15-14-10)11-5-4-8(2)6-9(11)13/h4-7H,3H2,1-2H3. The number of ether oxygens (including phenoxy) is 1. The number of aryl methyl sites for hydroxylation is 1. The summed E-state index contributed by atoms with van der Waals surface area (Å²) in [6.07, 6.45) is 1.55. The van der Waals surface area contributed by atoms with E-state index in [9.17, 15) is 4.79 Å². The molecule has 0 bridgehead atoms. The van der Waals surface area contributed by atoms with Gasteiger partial charge in [-0.15, -0.1) is 5.10 Å². The summed E-state index contributed by atoms with van der Waals surface area (Å²) in [4.78, 5) is 11.5. The lowest BCUT2D eigenvalue weighted by molar-refractivity contribution is 0.0519. The minimum atomic E-state index is -0.466. The Labute approximate surface area is 113 Å². The highest BCUT2D eigenvalue weighted by molar-refractivity contribution is 9.10. The zero-order valence-corrected chi connectivity index (χ0v) is 11.6. The number of hydrogen-bond donors (Lipinski definition) is 0. The van der Waals surface area contributed by atoms with Gasteiger partial charge in [-0.05, 0) is 47.5 Å². The van der Waals surface area contributed by atoms with E-state index in [1.807, 2.05) is 25.1 Å². The van der Waals surface area contributed by atoms with Crippen LogP contribution in [0.4, 0.5) is 0 Å². The largest absolute Gasteiger partial charge is 0.461 e. The van der Waals surface area contributed by atoms with Crippen molar-refractivity contribution < 1.29 is 9.53 Å². The summed E-state index contributed by atoms with van der Waals surface area (Å²) >= 11 is 3.46. The number of hydrogen-bond acceptors (Lipinski definition) is 4. The first-order valence-corrected chi connectivity index (χ1v) is 6.27. The van der Waals surface area contributed by atoms with Crippen molar-refractivity contribution in [2.75, 3.05) is 6.61 Å². The summed E-state index contributed by atoms with van der Waals surface area (Å²) in [7, 11) is 0. The fourth-order valence-corrected chi connectivity index (χ4v) is 2.15.